The number of nitrogens with one attached hydrogen (secondary N) is 1. The van der Waals surface area contributed by atoms with Crippen LogP contribution in [0.2, 0.25) is 0 Å². The summed E-state index contributed by atoms with van der Waals surface area (Å²) < 4.78 is 1.06. The number of piperidine rings is 1. The van der Waals surface area contributed by atoms with E-state index >= 15 is 0 Å². The molecule has 1 aliphatic heterocycles. The lowest BCUT2D eigenvalue weighted by molar-refractivity contribution is 0.378. The standard InChI is InChI=1S/C15H24BrN3/c1-11(2)17-8-13-5-4-6-19(10-13)15-12(3)7-14(16)9-18-15/h7,9,11,13,17H,4-6,8,10H2,1-3H3. The number of rotatable bonds is 4. The Bertz CT molecular complexity index is 420. The third-order valence-corrected chi connectivity index (χ3v) is 4.08. The molecule has 1 fully saturated rings. The number of halogens is 1. The largest absolute Gasteiger partial charge is 0.356 e. The van der Waals surface area contributed by atoms with Crippen molar-refractivity contribution in [3.63, 3.8) is 0 Å². The Kier molecular flexibility index (Phi) is 5.22. The van der Waals surface area contributed by atoms with E-state index in [2.05, 4.69) is 58.0 Å². The zero-order valence-corrected chi connectivity index (χ0v) is 13.7. The normalized spacial score (nSPS) is 20.1. The van der Waals surface area contributed by atoms with E-state index in [0.717, 1.165) is 35.8 Å². The molecule has 1 N–H and O–H groups in total. The minimum Gasteiger partial charge on any atom is -0.356 e. The highest BCUT2D eigenvalue weighted by Crippen LogP contribution is 2.25. The lowest BCUT2D eigenvalue weighted by Crippen LogP contribution is -2.41. The van der Waals surface area contributed by atoms with Gasteiger partial charge < -0.3 is 10.2 Å². The van der Waals surface area contributed by atoms with E-state index in [4.69, 9.17) is 0 Å². The summed E-state index contributed by atoms with van der Waals surface area (Å²) in [6.07, 6.45) is 4.49. The molecule has 1 aromatic heterocycles. The Morgan fingerprint density at radius 2 is 2.32 bits per heavy atom. The van der Waals surface area contributed by atoms with Gasteiger partial charge in [-0.1, -0.05) is 13.8 Å². The van der Waals surface area contributed by atoms with Gasteiger partial charge in [0.1, 0.15) is 5.82 Å². The Morgan fingerprint density at radius 1 is 1.53 bits per heavy atom. The first-order valence-electron chi connectivity index (χ1n) is 7.16. The Labute approximate surface area is 124 Å². The van der Waals surface area contributed by atoms with Crippen LogP contribution < -0.4 is 10.2 Å². The molecule has 1 unspecified atom stereocenters. The van der Waals surface area contributed by atoms with E-state index in [0.29, 0.717) is 6.04 Å². The summed E-state index contributed by atoms with van der Waals surface area (Å²) in [4.78, 5) is 7.03. The average Bonchev–Trinajstić information content (AvgIpc) is 2.36. The highest BCUT2D eigenvalue weighted by atomic mass is 79.9. The summed E-state index contributed by atoms with van der Waals surface area (Å²) in [6, 6.07) is 2.72. The molecular formula is C15H24BrN3. The van der Waals surface area contributed by atoms with Crippen LogP contribution in [0.15, 0.2) is 16.7 Å². The van der Waals surface area contributed by atoms with Crippen LogP contribution in [0.4, 0.5) is 5.82 Å². The van der Waals surface area contributed by atoms with Crippen molar-refractivity contribution in [2.24, 2.45) is 5.92 Å². The molecule has 2 heterocycles. The van der Waals surface area contributed by atoms with Gasteiger partial charge in [-0.15, -0.1) is 0 Å². The van der Waals surface area contributed by atoms with E-state index in [9.17, 15) is 0 Å². The van der Waals surface area contributed by atoms with Crippen LogP contribution in [-0.4, -0.2) is 30.7 Å². The highest BCUT2D eigenvalue weighted by Gasteiger charge is 2.21. The molecule has 4 heteroatoms. The molecule has 0 amide bonds. The molecule has 0 bridgehead atoms. The molecule has 1 aliphatic rings. The predicted octanol–water partition coefficient (Wildman–Crippen LogP) is 3.37. The number of nitrogens with zero attached hydrogens (tertiary/aromatic N) is 2. The molecule has 1 aromatic rings. The fourth-order valence-electron chi connectivity index (χ4n) is 2.69. The summed E-state index contributed by atoms with van der Waals surface area (Å²) in [5, 5.41) is 3.56. The molecule has 0 aromatic carbocycles. The monoisotopic (exact) mass is 325 g/mol. The molecule has 0 aliphatic carbocycles. The van der Waals surface area contributed by atoms with Crippen LogP contribution in [-0.2, 0) is 0 Å². The summed E-state index contributed by atoms with van der Waals surface area (Å²) in [5.74, 6) is 1.89. The minimum atomic E-state index is 0.572. The van der Waals surface area contributed by atoms with Crippen LogP contribution in [0.25, 0.3) is 0 Å². The summed E-state index contributed by atoms with van der Waals surface area (Å²) in [6.45, 7) is 9.93. The van der Waals surface area contributed by atoms with Crippen molar-refractivity contribution in [3.8, 4) is 0 Å². The molecule has 106 valence electrons. The molecule has 0 radical (unpaired) electrons. The second-order valence-corrected chi connectivity index (χ2v) is 6.73. The average molecular weight is 326 g/mol. The van der Waals surface area contributed by atoms with Crippen molar-refractivity contribution in [1.82, 2.24) is 10.3 Å². The van der Waals surface area contributed by atoms with E-state index in [-0.39, 0.29) is 0 Å². The fourth-order valence-corrected chi connectivity index (χ4v) is 3.14. The van der Waals surface area contributed by atoms with Gasteiger partial charge in [-0.05, 0) is 59.8 Å². The lowest BCUT2D eigenvalue weighted by atomic mass is 9.97. The first-order valence-corrected chi connectivity index (χ1v) is 7.96. The van der Waals surface area contributed by atoms with E-state index in [1.165, 1.54) is 18.4 Å². The molecule has 3 nitrogen and oxygen atoms in total. The summed E-state index contributed by atoms with van der Waals surface area (Å²) in [7, 11) is 0. The maximum absolute atomic E-state index is 4.59. The van der Waals surface area contributed by atoms with Crippen LogP contribution in [0.1, 0.15) is 32.3 Å². The second kappa shape index (κ2) is 6.71. The van der Waals surface area contributed by atoms with E-state index in [1.807, 2.05) is 6.20 Å². The van der Waals surface area contributed by atoms with Crippen molar-refractivity contribution < 1.29 is 0 Å². The lowest BCUT2D eigenvalue weighted by Gasteiger charge is -2.34. The van der Waals surface area contributed by atoms with Crippen molar-refractivity contribution in [2.75, 3.05) is 24.5 Å². The third kappa shape index (κ3) is 4.18. The fraction of sp³-hybridized carbons (Fsp3) is 0.667. The topological polar surface area (TPSA) is 28.2 Å². The van der Waals surface area contributed by atoms with Crippen LogP contribution >= 0.6 is 15.9 Å². The number of aromatic nitrogens is 1. The van der Waals surface area contributed by atoms with Gasteiger partial charge in [0, 0.05) is 29.8 Å². The summed E-state index contributed by atoms with van der Waals surface area (Å²) >= 11 is 3.48. The SMILES string of the molecule is Cc1cc(Br)cnc1N1CCCC(CNC(C)C)C1. The van der Waals surface area contributed by atoms with Gasteiger partial charge in [-0.3, -0.25) is 0 Å². The van der Waals surface area contributed by atoms with Crippen LogP contribution in [0, 0.1) is 12.8 Å². The first kappa shape index (κ1) is 14.8. The van der Waals surface area contributed by atoms with Gasteiger partial charge in [0.05, 0.1) is 0 Å². The molecule has 1 atom stereocenters. The van der Waals surface area contributed by atoms with Crippen molar-refractivity contribution in [1.29, 1.82) is 0 Å². The Balaban J connectivity index is 2.00. The number of aryl methyl sites for hydroxylation is 1. The zero-order valence-electron chi connectivity index (χ0n) is 12.1. The quantitative estimate of drug-likeness (QED) is 0.919. The van der Waals surface area contributed by atoms with Crippen molar-refractivity contribution in [2.45, 2.75) is 39.7 Å². The van der Waals surface area contributed by atoms with Crippen molar-refractivity contribution in [3.05, 3.63) is 22.3 Å². The first-order chi connectivity index (χ1) is 9.06. The number of hydrogen-bond acceptors (Lipinski definition) is 3. The van der Waals surface area contributed by atoms with Gasteiger partial charge in [0.25, 0.3) is 0 Å². The van der Waals surface area contributed by atoms with E-state index in [1.54, 1.807) is 0 Å². The molecule has 19 heavy (non-hydrogen) atoms. The number of pyridine rings is 1. The van der Waals surface area contributed by atoms with Crippen molar-refractivity contribution >= 4 is 21.7 Å². The van der Waals surface area contributed by atoms with Gasteiger partial charge in [-0.25, -0.2) is 4.98 Å². The molecule has 0 saturated carbocycles. The maximum Gasteiger partial charge on any atom is 0.131 e. The zero-order chi connectivity index (χ0) is 13.8. The third-order valence-electron chi connectivity index (χ3n) is 3.65. The van der Waals surface area contributed by atoms with Crippen LogP contribution in [0.5, 0.6) is 0 Å². The molecule has 2 rings (SSSR count). The van der Waals surface area contributed by atoms with Crippen LogP contribution in [0.3, 0.4) is 0 Å². The molecule has 0 spiro atoms. The van der Waals surface area contributed by atoms with Gasteiger partial charge in [-0.2, -0.15) is 0 Å². The second-order valence-electron chi connectivity index (χ2n) is 5.81. The molecule has 1 saturated heterocycles. The van der Waals surface area contributed by atoms with Gasteiger partial charge >= 0.3 is 0 Å². The maximum atomic E-state index is 4.59. The number of hydrogen-bond donors (Lipinski definition) is 1. The highest BCUT2D eigenvalue weighted by molar-refractivity contribution is 9.10. The smallest absolute Gasteiger partial charge is 0.131 e. The van der Waals surface area contributed by atoms with Gasteiger partial charge in [0.2, 0.25) is 0 Å². The summed E-state index contributed by atoms with van der Waals surface area (Å²) in [5.41, 5.74) is 1.26. The van der Waals surface area contributed by atoms with Gasteiger partial charge in [0.15, 0.2) is 0 Å². The Morgan fingerprint density at radius 3 is 3.00 bits per heavy atom. The Hall–Kier alpha value is -0.610. The molecular weight excluding hydrogens is 302 g/mol. The van der Waals surface area contributed by atoms with E-state index < -0.39 is 0 Å². The number of anilines is 1. The predicted molar refractivity (Wildman–Crippen MR) is 84.7 cm³/mol. The minimum absolute atomic E-state index is 0.572.